The Labute approximate surface area is 235 Å². The van der Waals surface area contributed by atoms with E-state index in [0.717, 1.165) is 21.7 Å². The number of ether oxygens (including phenoxy) is 1. The molecule has 2 amide bonds. The lowest BCUT2D eigenvalue weighted by Crippen LogP contribution is -2.53. The number of sulfonamides is 1. The van der Waals surface area contributed by atoms with Crippen molar-refractivity contribution in [2.75, 3.05) is 30.8 Å². The molecule has 0 aliphatic carbocycles. The van der Waals surface area contributed by atoms with E-state index < -0.39 is 28.5 Å². The fraction of sp³-hybridized carbons (Fsp3) is 0.310. The van der Waals surface area contributed by atoms with Crippen molar-refractivity contribution < 1.29 is 22.7 Å². The summed E-state index contributed by atoms with van der Waals surface area (Å²) in [6.45, 7) is 3.49. The number of anilines is 1. The topological polar surface area (TPSA) is 96.0 Å². The third-order valence-corrected chi connectivity index (χ3v) is 7.58. The van der Waals surface area contributed by atoms with Gasteiger partial charge in [-0.3, -0.25) is 13.9 Å². The molecule has 208 valence electrons. The smallest absolute Gasteiger partial charge is 0.244 e. The number of carbonyl (C=O) groups excluding carboxylic acids is 2. The Morgan fingerprint density at radius 2 is 1.69 bits per heavy atom. The highest BCUT2D eigenvalue weighted by Gasteiger charge is 2.33. The second-order valence-electron chi connectivity index (χ2n) is 9.17. The number of halogens is 1. The fourth-order valence-electron chi connectivity index (χ4n) is 4.31. The van der Waals surface area contributed by atoms with Crippen LogP contribution in [0, 0.1) is 6.92 Å². The summed E-state index contributed by atoms with van der Waals surface area (Å²) in [7, 11) is -2.31. The fourth-order valence-corrected chi connectivity index (χ4v) is 5.44. The van der Waals surface area contributed by atoms with Crippen molar-refractivity contribution in [3.63, 3.8) is 0 Å². The summed E-state index contributed by atoms with van der Waals surface area (Å²) in [5.41, 5.74) is 2.54. The molecule has 0 radical (unpaired) electrons. The zero-order valence-corrected chi connectivity index (χ0v) is 24.1. The minimum absolute atomic E-state index is 0.0713. The molecule has 39 heavy (non-hydrogen) atoms. The molecule has 0 saturated carbocycles. The van der Waals surface area contributed by atoms with Crippen LogP contribution in [0.4, 0.5) is 5.69 Å². The minimum Gasteiger partial charge on any atom is -0.497 e. The van der Waals surface area contributed by atoms with Gasteiger partial charge in [0.1, 0.15) is 18.3 Å². The van der Waals surface area contributed by atoms with Crippen molar-refractivity contribution in [3.8, 4) is 5.75 Å². The third-order valence-electron chi connectivity index (χ3n) is 6.22. The van der Waals surface area contributed by atoms with Crippen LogP contribution in [0.25, 0.3) is 0 Å². The van der Waals surface area contributed by atoms with Gasteiger partial charge in [0, 0.05) is 24.5 Å². The Kier molecular flexibility index (Phi) is 10.4. The molecule has 0 heterocycles. The summed E-state index contributed by atoms with van der Waals surface area (Å²) in [6, 6.07) is 20.5. The number of nitrogens with one attached hydrogen (secondary N) is 1. The molecular formula is C29H34ClN3O5S. The summed E-state index contributed by atoms with van der Waals surface area (Å²) in [6.07, 6.45) is 1.30. The van der Waals surface area contributed by atoms with Gasteiger partial charge in [-0.1, -0.05) is 54.1 Å². The Morgan fingerprint density at radius 3 is 2.31 bits per heavy atom. The van der Waals surface area contributed by atoms with E-state index in [1.165, 1.54) is 4.90 Å². The number of hydrogen-bond donors (Lipinski definition) is 1. The molecule has 0 aliphatic rings. The highest BCUT2D eigenvalue weighted by molar-refractivity contribution is 7.92. The van der Waals surface area contributed by atoms with Crippen LogP contribution in [0.5, 0.6) is 5.75 Å². The van der Waals surface area contributed by atoms with Gasteiger partial charge in [0.15, 0.2) is 0 Å². The molecule has 0 aromatic heterocycles. The second-order valence-corrected chi connectivity index (χ2v) is 11.5. The highest BCUT2D eigenvalue weighted by atomic mass is 35.5. The Hall–Kier alpha value is -3.56. The van der Waals surface area contributed by atoms with Gasteiger partial charge in [0.05, 0.1) is 19.1 Å². The monoisotopic (exact) mass is 571 g/mol. The molecule has 0 bridgehead atoms. The number of aryl methyl sites for hydroxylation is 1. The van der Waals surface area contributed by atoms with Crippen molar-refractivity contribution in [3.05, 3.63) is 94.5 Å². The summed E-state index contributed by atoms with van der Waals surface area (Å²) in [4.78, 5) is 28.8. The van der Waals surface area contributed by atoms with E-state index in [9.17, 15) is 18.0 Å². The predicted octanol–water partition coefficient (Wildman–Crippen LogP) is 4.20. The van der Waals surface area contributed by atoms with E-state index in [1.54, 1.807) is 57.4 Å². The van der Waals surface area contributed by atoms with Crippen molar-refractivity contribution >= 4 is 39.1 Å². The summed E-state index contributed by atoms with van der Waals surface area (Å²) >= 11 is 6.09. The van der Waals surface area contributed by atoms with Crippen LogP contribution in [0.2, 0.25) is 5.02 Å². The average Bonchev–Trinajstić information content (AvgIpc) is 2.90. The number of methoxy groups -OCH3 is 1. The second kappa shape index (κ2) is 13.5. The molecule has 0 spiro atoms. The first kappa shape index (κ1) is 30.0. The minimum atomic E-state index is -3.86. The van der Waals surface area contributed by atoms with Gasteiger partial charge in [-0.15, -0.1) is 0 Å². The number of benzene rings is 3. The molecule has 0 aliphatic heterocycles. The van der Waals surface area contributed by atoms with E-state index in [4.69, 9.17) is 16.3 Å². The van der Waals surface area contributed by atoms with E-state index in [0.29, 0.717) is 28.6 Å². The number of hydrogen-bond acceptors (Lipinski definition) is 5. The zero-order chi connectivity index (χ0) is 28.6. The summed E-state index contributed by atoms with van der Waals surface area (Å²) < 4.78 is 32.2. The van der Waals surface area contributed by atoms with Crippen LogP contribution >= 0.6 is 11.6 Å². The van der Waals surface area contributed by atoms with Gasteiger partial charge in [-0.25, -0.2) is 8.42 Å². The van der Waals surface area contributed by atoms with Crippen LogP contribution < -0.4 is 14.4 Å². The maximum Gasteiger partial charge on any atom is 0.244 e. The van der Waals surface area contributed by atoms with Crippen molar-refractivity contribution in [2.45, 2.75) is 32.9 Å². The summed E-state index contributed by atoms with van der Waals surface area (Å²) in [5.74, 6) is -0.247. The SMILES string of the molecule is CCNC(=O)[C@H](Cc1ccccc1)N(Cc1cccc(OC)c1)C(=O)CN(c1ccc(Cl)cc1C)S(C)(=O)=O. The molecule has 3 aromatic carbocycles. The van der Waals surface area contributed by atoms with Crippen LogP contribution in [0.15, 0.2) is 72.8 Å². The van der Waals surface area contributed by atoms with E-state index in [-0.39, 0.29) is 18.9 Å². The molecule has 0 saturated heterocycles. The normalized spacial score (nSPS) is 11.9. The van der Waals surface area contributed by atoms with Crippen LogP contribution in [0.1, 0.15) is 23.6 Å². The Bertz CT molecular complexity index is 1400. The molecule has 0 fully saturated rings. The standard InChI is InChI=1S/C29H34ClN3O5S/c1-5-31-29(35)27(18-22-10-7-6-8-11-22)32(19-23-12-9-13-25(17-23)38-3)28(34)20-33(39(4,36)37)26-15-14-24(30)16-21(26)2/h6-17,27H,5,18-20H2,1-4H3,(H,31,35)/t27-/m0/s1. The van der Waals surface area contributed by atoms with Gasteiger partial charge >= 0.3 is 0 Å². The van der Waals surface area contributed by atoms with Gasteiger partial charge < -0.3 is 15.0 Å². The maximum absolute atomic E-state index is 14.0. The molecule has 10 heteroatoms. The number of carbonyl (C=O) groups is 2. The Balaban J connectivity index is 2.07. The molecule has 3 aromatic rings. The quantitative estimate of drug-likeness (QED) is 0.351. The maximum atomic E-state index is 14.0. The van der Waals surface area contributed by atoms with Crippen LogP contribution in [-0.2, 0) is 32.6 Å². The van der Waals surface area contributed by atoms with Gasteiger partial charge in [-0.2, -0.15) is 0 Å². The highest BCUT2D eigenvalue weighted by Crippen LogP contribution is 2.26. The molecule has 8 nitrogen and oxygen atoms in total. The van der Waals surface area contributed by atoms with Gasteiger partial charge in [0.25, 0.3) is 0 Å². The first-order chi connectivity index (χ1) is 18.5. The van der Waals surface area contributed by atoms with E-state index in [1.807, 2.05) is 36.4 Å². The molecule has 1 N–H and O–H groups in total. The van der Waals surface area contributed by atoms with Crippen LogP contribution in [0.3, 0.4) is 0 Å². The number of amides is 2. The number of nitrogens with zero attached hydrogens (tertiary/aromatic N) is 2. The average molecular weight is 572 g/mol. The molecule has 3 rings (SSSR count). The number of likely N-dealkylation sites (N-methyl/N-ethyl adjacent to an activating group) is 1. The lowest BCUT2D eigenvalue weighted by molar-refractivity contribution is -0.140. The van der Waals surface area contributed by atoms with Gasteiger partial charge in [0.2, 0.25) is 21.8 Å². The van der Waals surface area contributed by atoms with Crippen molar-refractivity contribution in [1.29, 1.82) is 0 Å². The molecular weight excluding hydrogens is 538 g/mol. The van der Waals surface area contributed by atoms with Crippen LogP contribution in [-0.4, -0.2) is 57.6 Å². The lowest BCUT2D eigenvalue weighted by atomic mass is 10.0. The largest absolute Gasteiger partial charge is 0.497 e. The Morgan fingerprint density at radius 1 is 1.00 bits per heavy atom. The van der Waals surface area contributed by atoms with Gasteiger partial charge in [-0.05, 0) is 60.9 Å². The van der Waals surface area contributed by atoms with E-state index >= 15 is 0 Å². The molecule has 1 atom stereocenters. The molecule has 0 unspecified atom stereocenters. The van der Waals surface area contributed by atoms with Crippen molar-refractivity contribution in [1.82, 2.24) is 10.2 Å². The first-order valence-corrected chi connectivity index (χ1v) is 14.7. The number of rotatable bonds is 12. The zero-order valence-electron chi connectivity index (χ0n) is 22.6. The summed E-state index contributed by atoms with van der Waals surface area (Å²) in [5, 5.41) is 3.29. The van der Waals surface area contributed by atoms with Crippen molar-refractivity contribution in [2.24, 2.45) is 0 Å². The van der Waals surface area contributed by atoms with E-state index in [2.05, 4.69) is 5.32 Å². The first-order valence-electron chi connectivity index (χ1n) is 12.5. The predicted molar refractivity (Wildman–Crippen MR) is 155 cm³/mol. The lowest BCUT2D eigenvalue weighted by Gasteiger charge is -2.33. The third kappa shape index (κ3) is 8.21.